The molecule has 0 fully saturated rings. The number of nitrogens with one attached hydrogen (secondary N) is 2. The largest absolute Gasteiger partial charge is 0.326 e. The standard InChI is InChI=1S/C12H8N2O2S/c15-11-8-6-7(10-2-1-5-17-10)3-4-9(8)13-12(16)14-11/h1-6H,(H2,13,14,15,16). The van der Waals surface area contributed by atoms with Crippen LogP contribution in [-0.2, 0) is 0 Å². The van der Waals surface area contributed by atoms with Gasteiger partial charge in [-0.1, -0.05) is 12.1 Å². The van der Waals surface area contributed by atoms with Gasteiger partial charge in [-0.15, -0.1) is 11.3 Å². The van der Waals surface area contributed by atoms with Gasteiger partial charge < -0.3 is 4.98 Å². The predicted octanol–water partition coefficient (Wildman–Crippen LogP) is 1.94. The lowest BCUT2D eigenvalue weighted by Crippen LogP contribution is -2.21. The zero-order chi connectivity index (χ0) is 11.8. The molecule has 3 aromatic rings. The average molecular weight is 244 g/mol. The highest BCUT2D eigenvalue weighted by Crippen LogP contribution is 2.25. The van der Waals surface area contributed by atoms with E-state index in [1.165, 1.54) is 0 Å². The Hall–Kier alpha value is -2.14. The Labute approximate surface area is 99.6 Å². The molecule has 5 heteroatoms. The van der Waals surface area contributed by atoms with Crippen molar-refractivity contribution in [2.24, 2.45) is 0 Å². The summed E-state index contributed by atoms with van der Waals surface area (Å²) in [7, 11) is 0. The van der Waals surface area contributed by atoms with E-state index in [1.54, 1.807) is 23.5 Å². The zero-order valence-corrected chi connectivity index (χ0v) is 9.51. The van der Waals surface area contributed by atoms with Gasteiger partial charge in [-0.2, -0.15) is 0 Å². The topological polar surface area (TPSA) is 65.7 Å². The molecule has 0 atom stereocenters. The van der Waals surface area contributed by atoms with Crippen molar-refractivity contribution in [3.8, 4) is 10.4 Å². The van der Waals surface area contributed by atoms with E-state index in [-0.39, 0.29) is 5.56 Å². The fourth-order valence-corrected chi connectivity index (χ4v) is 2.49. The Balaban J connectivity index is 2.34. The lowest BCUT2D eigenvalue weighted by Gasteiger charge is -2.00. The quantitative estimate of drug-likeness (QED) is 0.687. The first-order valence-electron chi connectivity index (χ1n) is 5.04. The van der Waals surface area contributed by atoms with Crippen LogP contribution in [0.4, 0.5) is 0 Å². The highest BCUT2D eigenvalue weighted by molar-refractivity contribution is 7.13. The minimum atomic E-state index is -0.480. The van der Waals surface area contributed by atoms with E-state index in [0.717, 1.165) is 10.4 Å². The van der Waals surface area contributed by atoms with Crippen LogP contribution in [0.3, 0.4) is 0 Å². The van der Waals surface area contributed by atoms with E-state index < -0.39 is 5.69 Å². The van der Waals surface area contributed by atoms with Crippen LogP contribution in [0.25, 0.3) is 21.3 Å². The van der Waals surface area contributed by atoms with Crippen LogP contribution in [0.1, 0.15) is 0 Å². The maximum Gasteiger partial charge on any atom is 0.326 e. The van der Waals surface area contributed by atoms with Crippen molar-refractivity contribution in [1.82, 2.24) is 9.97 Å². The number of hydrogen-bond donors (Lipinski definition) is 2. The van der Waals surface area contributed by atoms with Gasteiger partial charge in [0.15, 0.2) is 0 Å². The molecule has 0 aliphatic heterocycles. The van der Waals surface area contributed by atoms with Crippen molar-refractivity contribution in [1.29, 1.82) is 0 Å². The van der Waals surface area contributed by atoms with Crippen LogP contribution in [0.2, 0.25) is 0 Å². The summed E-state index contributed by atoms with van der Waals surface area (Å²) in [4.78, 5) is 28.7. The van der Waals surface area contributed by atoms with E-state index in [0.29, 0.717) is 10.9 Å². The lowest BCUT2D eigenvalue weighted by atomic mass is 10.1. The molecule has 2 N–H and O–H groups in total. The van der Waals surface area contributed by atoms with E-state index in [9.17, 15) is 9.59 Å². The van der Waals surface area contributed by atoms with Gasteiger partial charge >= 0.3 is 5.69 Å². The number of aromatic nitrogens is 2. The minimum Gasteiger partial charge on any atom is -0.307 e. The maximum absolute atomic E-state index is 11.6. The van der Waals surface area contributed by atoms with Gasteiger partial charge in [0.25, 0.3) is 5.56 Å². The Bertz CT molecular complexity index is 784. The molecule has 0 amide bonds. The van der Waals surface area contributed by atoms with Crippen molar-refractivity contribution < 1.29 is 0 Å². The van der Waals surface area contributed by atoms with Gasteiger partial charge in [0.1, 0.15) is 0 Å². The molecule has 0 unspecified atom stereocenters. The van der Waals surface area contributed by atoms with Crippen molar-refractivity contribution in [3.63, 3.8) is 0 Å². The van der Waals surface area contributed by atoms with Crippen molar-refractivity contribution in [2.45, 2.75) is 0 Å². The first-order chi connectivity index (χ1) is 8.24. The summed E-state index contributed by atoms with van der Waals surface area (Å²) in [5, 5.41) is 2.48. The molecule has 0 aliphatic rings. The Kier molecular flexibility index (Phi) is 2.19. The molecule has 84 valence electrons. The second kappa shape index (κ2) is 3.71. The number of hydrogen-bond acceptors (Lipinski definition) is 3. The normalized spacial score (nSPS) is 10.8. The summed E-state index contributed by atoms with van der Waals surface area (Å²) in [6, 6.07) is 9.38. The van der Waals surface area contributed by atoms with Crippen LogP contribution in [0, 0.1) is 0 Å². The third-order valence-corrected chi connectivity index (χ3v) is 3.46. The number of aromatic amines is 2. The molecule has 0 spiro atoms. The number of H-pyrrole nitrogens is 2. The van der Waals surface area contributed by atoms with Crippen molar-refractivity contribution in [2.75, 3.05) is 0 Å². The van der Waals surface area contributed by atoms with E-state index in [2.05, 4.69) is 9.97 Å². The summed E-state index contributed by atoms with van der Waals surface area (Å²) < 4.78 is 0. The van der Waals surface area contributed by atoms with Gasteiger partial charge in [-0.25, -0.2) is 4.79 Å². The summed E-state index contributed by atoms with van der Waals surface area (Å²) in [6.07, 6.45) is 0. The van der Waals surface area contributed by atoms with E-state index >= 15 is 0 Å². The molecule has 0 bridgehead atoms. The monoisotopic (exact) mass is 244 g/mol. The van der Waals surface area contributed by atoms with Crippen molar-refractivity contribution in [3.05, 3.63) is 56.5 Å². The molecule has 17 heavy (non-hydrogen) atoms. The SMILES string of the molecule is O=c1[nH]c(=O)c2cc(-c3cccs3)ccc2[nH]1. The Morgan fingerprint density at radius 3 is 2.71 bits per heavy atom. The van der Waals surface area contributed by atoms with Crippen LogP contribution in [0.15, 0.2) is 45.3 Å². The number of thiophene rings is 1. The molecule has 2 heterocycles. The summed E-state index contributed by atoms with van der Waals surface area (Å²) in [5.74, 6) is 0. The minimum absolute atomic E-state index is 0.359. The number of fused-ring (bicyclic) bond motifs is 1. The highest BCUT2D eigenvalue weighted by Gasteiger charge is 2.04. The third kappa shape index (κ3) is 1.70. The van der Waals surface area contributed by atoms with Crippen LogP contribution in [-0.4, -0.2) is 9.97 Å². The summed E-state index contributed by atoms with van der Waals surface area (Å²) >= 11 is 1.61. The first kappa shape index (κ1) is 10.0. The molecule has 2 aromatic heterocycles. The third-order valence-electron chi connectivity index (χ3n) is 2.55. The van der Waals surface area contributed by atoms with Crippen LogP contribution < -0.4 is 11.2 Å². The second-order valence-electron chi connectivity index (χ2n) is 3.65. The summed E-state index contributed by atoms with van der Waals surface area (Å²) in [6.45, 7) is 0. The molecular formula is C12H8N2O2S. The first-order valence-corrected chi connectivity index (χ1v) is 5.92. The van der Waals surface area contributed by atoms with Gasteiger partial charge in [0.05, 0.1) is 10.9 Å². The molecular weight excluding hydrogens is 236 g/mol. The molecule has 3 rings (SSSR count). The lowest BCUT2D eigenvalue weighted by molar-refractivity contribution is 1.08. The fourth-order valence-electron chi connectivity index (χ4n) is 1.76. The van der Waals surface area contributed by atoms with Gasteiger partial charge in [0.2, 0.25) is 0 Å². The van der Waals surface area contributed by atoms with Gasteiger partial charge in [0, 0.05) is 4.88 Å². The fraction of sp³-hybridized carbons (Fsp3) is 0. The molecule has 1 aromatic carbocycles. The second-order valence-corrected chi connectivity index (χ2v) is 4.59. The van der Waals surface area contributed by atoms with E-state index in [1.807, 2.05) is 23.6 Å². The van der Waals surface area contributed by atoms with E-state index in [4.69, 9.17) is 0 Å². The average Bonchev–Trinajstić information content (AvgIpc) is 2.82. The Morgan fingerprint density at radius 2 is 1.94 bits per heavy atom. The molecule has 4 nitrogen and oxygen atoms in total. The maximum atomic E-state index is 11.6. The number of benzene rings is 1. The highest BCUT2D eigenvalue weighted by atomic mass is 32.1. The Morgan fingerprint density at radius 1 is 1.06 bits per heavy atom. The van der Waals surface area contributed by atoms with Gasteiger partial charge in [-0.3, -0.25) is 9.78 Å². The molecule has 0 saturated heterocycles. The molecule has 0 aliphatic carbocycles. The number of rotatable bonds is 1. The van der Waals surface area contributed by atoms with Gasteiger partial charge in [-0.05, 0) is 29.1 Å². The van der Waals surface area contributed by atoms with Crippen molar-refractivity contribution >= 4 is 22.2 Å². The predicted molar refractivity (Wildman–Crippen MR) is 68.5 cm³/mol. The summed E-state index contributed by atoms with van der Waals surface area (Å²) in [5.41, 5.74) is 0.692. The molecule has 0 radical (unpaired) electrons. The van der Waals surface area contributed by atoms with Crippen LogP contribution in [0.5, 0.6) is 0 Å². The zero-order valence-electron chi connectivity index (χ0n) is 8.69. The smallest absolute Gasteiger partial charge is 0.307 e. The van der Waals surface area contributed by atoms with Crippen LogP contribution >= 0.6 is 11.3 Å². The molecule has 0 saturated carbocycles.